The smallest absolute Gasteiger partial charge is 0.228 e. The van der Waals surface area contributed by atoms with E-state index in [-0.39, 0.29) is 11.8 Å². The van der Waals surface area contributed by atoms with Crippen LogP contribution in [0, 0.1) is 0 Å². The molecule has 0 radical (unpaired) electrons. The standard InChI is InChI=1S/C19H22ClN3O2/c20-17-7-2-1-5-15(17)13-18(24)22-9-4-10-23(12-11-22)19(25)14-16-6-3-8-21-16/h1-3,5-8,21H,4,9-14H2. The molecule has 1 aliphatic rings. The van der Waals surface area contributed by atoms with Gasteiger partial charge in [-0.3, -0.25) is 9.59 Å². The summed E-state index contributed by atoms with van der Waals surface area (Å²) in [5.74, 6) is 0.162. The van der Waals surface area contributed by atoms with Gasteiger partial charge in [0.2, 0.25) is 11.8 Å². The molecule has 1 aromatic carbocycles. The number of nitrogens with zero attached hydrogens (tertiary/aromatic N) is 2. The molecule has 132 valence electrons. The van der Waals surface area contributed by atoms with Crippen LogP contribution in [0.1, 0.15) is 17.7 Å². The second-order valence-corrected chi connectivity index (χ2v) is 6.66. The summed E-state index contributed by atoms with van der Waals surface area (Å²) in [7, 11) is 0. The third-order valence-electron chi connectivity index (χ3n) is 4.50. The Morgan fingerprint density at radius 1 is 0.920 bits per heavy atom. The zero-order chi connectivity index (χ0) is 17.6. The SMILES string of the molecule is O=C(Cc1ccc[nH]1)N1CCCN(C(=O)Cc2ccccc2Cl)CC1. The lowest BCUT2D eigenvalue weighted by atomic mass is 10.1. The molecule has 2 heterocycles. The number of rotatable bonds is 4. The Hall–Kier alpha value is -2.27. The minimum atomic E-state index is 0.0618. The maximum atomic E-state index is 12.6. The van der Waals surface area contributed by atoms with Gasteiger partial charge >= 0.3 is 0 Å². The Balaban J connectivity index is 1.55. The fourth-order valence-electron chi connectivity index (χ4n) is 3.08. The molecule has 0 aliphatic carbocycles. The van der Waals surface area contributed by atoms with Crippen LogP contribution in [-0.2, 0) is 22.4 Å². The van der Waals surface area contributed by atoms with E-state index in [2.05, 4.69) is 4.98 Å². The number of benzene rings is 1. The number of carbonyl (C=O) groups excluding carboxylic acids is 2. The molecule has 5 nitrogen and oxygen atoms in total. The number of H-pyrrole nitrogens is 1. The van der Waals surface area contributed by atoms with Gasteiger partial charge in [-0.25, -0.2) is 0 Å². The molecule has 0 spiro atoms. The van der Waals surface area contributed by atoms with Gasteiger partial charge in [-0.15, -0.1) is 0 Å². The Bertz CT molecular complexity index is 730. The molecule has 25 heavy (non-hydrogen) atoms. The van der Waals surface area contributed by atoms with Crippen LogP contribution in [0.5, 0.6) is 0 Å². The van der Waals surface area contributed by atoms with Gasteiger partial charge in [0.25, 0.3) is 0 Å². The molecule has 0 unspecified atom stereocenters. The number of aromatic amines is 1. The van der Waals surface area contributed by atoms with Crippen molar-refractivity contribution < 1.29 is 9.59 Å². The predicted octanol–water partition coefficient (Wildman–Crippen LogP) is 2.51. The maximum absolute atomic E-state index is 12.6. The normalized spacial score (nSPS) is 15.1. The van der Waals surface area contributed by atoms with Gasteiger partial charge in [-0.05, 0) is 30.2 Å². The molecule has 1 N–H and O–H groups in total. The highest BCUT2D eigenvalue weighted by molar-refractivity contribution is 6.31. The molecular formula is C19H22ClN3O2. The van der Waals surface area contributed by atoms with Crippen molar-refractivity contribution in [2.24, 2.45) is 0 Å². The van der Waals surface area contributed by atoms with Gasteiger partial charge in [-0.2, -0.15) is 0 Å². The minimum Gasteiger partial charge on any atom is -0.365 e. The Labute approximate surface area is 152 Å². The number of aromatic nitrogens is 1. The fraction of sp³-hybridized carbons (Fsp3) is 0.368. The van der Waals surface area contributed by atoms with Crippen molar-refractivity contribution in [1.29, 1.82) is 0 Å². The van der Waals surface area contributed by atoms with E-state index in [1.54, 1.807) is 6.07 Å². The van der Waals surface area contributed by atoms with Crippen molar-refractivity contribution in [3.8, 4) is 0 Å². The molecule has 1 saturated heterocycles. The first-order valence-corrected chi connectivity index (χ1v) is 8.92. The van der Waals surface area contributed by atoms with E-state index < -0.39 is 0 Å². The van der Waals surface area contributed by atoms with Gasteiger partial charge in [0, 0.05) is 43.1 Å². The molecule has 1 aliphatic heterocycles. The van der Waals surface area contributed by atoms with Crippen molar-refractivity contribution in [2.75, 3.05) is 26.2 Å². The zero-order valence-corrected chi connectivity index (χ0v) is 14.8. The first-order chi connectivity index (χ1) is 12.1. The topological polar surface area (TPSA) is 56.4 Å². The van der Waals surface area contributed by atoms with Crippen LogP contribution in [-0.4, -0.2) is 52.8 Å². The average molecular weight is 360 g/mol. The Kier molecular flexibility index (Phi) is 5.76. The van der Waals surface area contributed by atoms with Gasteiger partial charge in [0.05, 0.1) is 12.8 Å². The molecule has 2 aromatic rings. The lowest BCUT2D eigenvalue weighted by molar-refractivity contribution is -0.132. The highest BCUT2D eigenvalue weighted by atomic mass is 35.5. The van der Waals surface area contributed by atoms with Gasteiger partial charge in [0.15, 0.2) is 0 Å². The quantitative estimate of drug-likeness (QED) is 0.912. The minimum absolute atomic E-state index is 0.0618. The van der Waals surface area contributed by atoms with Crippen LogP contribution in [0.25, 0.3) is 0 Å². The van der Waals surface area contributed by atoms with Crippen LogP contribution < -0.4 is 0 Å². The van der Waals surface area contributed by atoms with Crippen molar-refractivity contribution in [3.05, 3.63) is 58.9 Å². The molecule has 2 amide bonds. The second-order valence-electron chi connectivity index (χ2n) is 6.26. The van der Waals surface area contributed by atoms with Crippen LogP contribution in [0.15, 0.2) is 42.6 Å². The molecule has 0 atom stereocenters. The number of amides is 2. The molecule has 1 fully saturated rings. The Morgan fingerprint density at radius 2 is 1.60 bits per heavy atom. The fourth-order valence-corrected chi connectivity index (χ4v) is 3.29. The number of hydrogen-bond acceptors (Lipinski definition) is 2. The number of halogens is 1. The lowest BCUT2D eigenvalue weighted by Gasteiger charge is -2.22. The summed E-state index contributed by atoms with van der Waals surface area (Å²) in [4.78, 5) is 31.7. The van der Waals surface area contributed by atoms with E-state index in [0.717, 1.165) is 17.7 Å². The summed E-state index contributed by atoms with van der Waals surface area (Å²) in [6.45, 7) is 2.51. The summed E-state index contributed by atoms with van der Waals surface area (Å²) < 4.78 is 0. The first-order valence-electron chi connectivity index (χ1n) is 8.54. The summed E-state index contributed by atoms with van der Waals surface area (Å²) >= 11 is 6.15. The van der Waals surface area contributed by atoms with Gasteiger partial charge in [-0.1, -0.05) is 29.8 Å². The van der Waals surface area contributed by atoms with E-state index in [0.29, 0.717) is 44.0 Å². The molecule has 6 heteroatoms. The first kappa shape index (κ1) is 17.5. The molecule has 1 aromatic heterocycles. The largest absolute Gasteiger partial charge is 0.365 e. The Morgan fingerprint density at radius 3 is 2.24 bits per heavy atom. The van der Waals surface area contributed by atoms with Crippen LogP contribution in [0.2, 0.25) is 5.02 Å². The number of hydrogen-bond donors (Lipinski definition) is 1. The van der Waals surface area contributed by atoms with E-state index >= 15 is 0 Å². The third kappa shape index (κ3) is 4.63. The maximum Gasteiger partial charge on any atom is 0.228 e. The predicted molar refractivity (Wildman–Crippen MR) is 97.4 cm³/mol. The zero-order valence-electron chi connectivity index (χ0n) is 14.1. The highest BCUT2D eigenvalue weighted by Gasteiger charge is 2.22. The van der Waals surface area contributed by atoms with E-state index in [4.69, 9.17) is 11.6 Å². The monoisotopic (exact) mass is 359 g/mol. The second kappa shape index (κ2) is 8.21. The van der Waals surface area contributed by atoms with Crippen molar-refractivity contribution in [1.82, 2.24) is 14.8 Å². The van der Waals surface area contributed by atoms with Crippen LogP contribution in [0.4, 0.5) is 0 Å². The average Bonchev–Trinajstić information content (AvgIpc) is 2.98. The molecule has 0 bridgehead atoms. The van der Waals surface area contributed by atoms with Crippen LogP contribution in [0.3, 0.4) is 0 Å². The van der Waals surface area contributed by atoms with Gasteiger partial charge < -0.3 is 14.8 Å². The molecule has 0 saturated carbocycles. The summed E-state index contributed by atoms with van der Waals surface area (Å²) in [5, 5.41) is 0.619. The van der Waals surface area contributed by atoms with E-state index in [9.17, 15) is 9.59 Å². The van der Waals surface area contributed by atoms with Crippen LogP contribution >= 0.6 is 11.6 Å². The third-order valence-corrected chi connectivity index (χ3v) is 4.87. The molecular weight excluding hydrogens is 338 g/mol. The van der Waals surface area contributed by atoms with Crippen molar-refractivity contribution in [3.63, 3.8) is 0 Å². The summed E-state index contributed by atoms with van der Waals surface area (Å²) in [6.07, 6.45) is 3.29. The highest BCUT2D eigenvalue weighted by Crippen LogP contribution is 2.17. The number of carbonyl (C=O) groups is 2. The van der Waals surface area contributed by atoms with E-state index in [1.165, 1.54) is 0 Å². The summed E-state index contributed by atoms with van der Waals surface area (Å²) in [5.41, 5.74) is 1.76. The number of nitrogens with one attached hydrogen (secondary N) is 1. The van der Waals surface area contributed by atoms with Crippen molar-refractivity contribution in [2.45, 2.75) is 19.3 Å². The van der Waals surface area contributed by atoms with Crippen molar-refractivity contribution >= 4 is 23.4 Å². The molecule has 3 rings (SSSR count). The van der Waals surface area contributed by atoms with E-state index in [1.807, 2.05) is 46.3 Å². The summed E-state index contributed by atoms with van der Waals surface area (Å²) in [6, 6.07) is 11.2. The van der Waals surface area contributed by atoms with Gasteiger partial charge in [0.1, 0.15) is 0 Å². The lowest BCUT2D eigenvalue weighted by Crippen LogP contribution is -2.38.